The minimum Gasteiger partial charge on any atom is -0.479 e. The van der Waals surface area contributed by atoms with Crippen molar-refractivity contribution in [3.05, 3.63) is 41.9 Å². The van der Waals surface area contributed by atoms with Crippen LogP contribution in [0, 0.1) is 17.1 Å². The number of nitriles is 1. The van der Waals surface area contributed by atoms with Crippen molar-refractivity contribution >= 4 is 11.7 Å². The Labute approximate surface area is 115 Å². The van der Waals surface area contributed by atoms with Crippen molar-refractivity contribution in [2.24, 2.45) is 0 Å². The first-order valence-electron chi connectivity index (χ1n) is 5.47. The lowest BCUT2D eigenvalue weighted by atomic mass is 10.0. The Morgan fingerprint density at radius 2 is 2.10 bits per heavy atom. The summed E-state index contributed by atoms with van der Waals surface area (Å²) in [5.41, 5.74) is -1.85. The van der Waals surface area contributed by atoms with Crippen molar-refractivity contribution in [1.82, 2.24) is 5.43 Å². The predicted octanol–water partition coefficient (Wildman–Crippen LogP) is 1.92. The lowest BCUT2D eigenvalue weighted by Gasteiger charge is -2.29. The fraction of sp³-hybridized carbons (Fsp3) is 0.167. The van der Waals surface area contributed by atoms with Crippen molar-refractivity contribution in [2.75, 3.05) is 5.01 Å². The molecule has 0 radical (unpaired) electrons. The summed E-state index contributed by atoms with van der Waals surface area (Å²) in [5, 5.41) is 18.3. The van der Waals surface area contributed by atoms with E-state index in [0.717, 1.165) is 29.4 Å². The molecule has 1 heterocycles. The third-order valence-corrected chi connectivity index (χ3v) is 2.90. The molecule has 1 atom stereocenters. The van der Waals surface area contributed by atoms with Crippen molar-refractivity contribution in [3.8, 4) is 6.07 Å². The van der Waals surface area contributed by atoms with E-state index in [9.17, 15) is 22.4 Å². The molecule has 1 aromatic rings. The van der Waals surface area contributed by atoms with Gasteiger partial charge in [-0.15, -0.1) is 0 Å². The number of rotatable bonds is 2. The SMILES string of the molecule is N#Cc1cc(N2C=CC(C(=O)O)(C(F)(F)F)N2)ccc1F. The van der Waals surface area contributed by atoms with Gasteiger partial charge in [0.05, 0.1) is 11.3 Å². The van der Waals surface area contributed by atoms with E-state index in [0.29, 0.717) is 6.08 Å². The van der Waals surface area contributed by atoms with Crippen molar-refractivity contribution in [1.29, 1.82) is 5.26 Å². The lowest BCUT2D eigenvalue weighted by Crippen LogP contribution is -2.61. The summed E-state index contributed by atoms with van der Waals surface area (Å²) < 4.78 is 52.0. The first-order chi connectivity index (χ1) is 9.71. The molecule has 0 aliphatic carbocycles. The van der Waals surface area contributed by atoms with Gasteiger partial charge in [0.2, 0.25) is 0 Å². The summed E-state index contributed by atoms with van der Waals surface area (Å²) in [7, 11) is 0. The molecule has 1 aliphatic heterocycles. The van der Waals surface area contributed by atoms with Gasteiger partial charge in [-0.25, -0.2) is 14.6 Å². The predicted molar refractivity (Wildman–Crippen MR) is 62.3 cm³/mol. The number of benzene rings is 1. The van der Waals surface area contributed by atoms with Gasteiger partial charge < -0.3 is 5.11 Å². The van der Waals surface area contributed by atoms with Gasteiger partial charge in [-0.3, -0.25) is 5.01 Å². The maximum atomic E-state index is 13.2. The second-order valence-corrected chi connectivity index (χ2v) is 4.18. The summed E-state index contributed by atoms with van der Waals surface area (Å²) in [5.74, 6) is -2.96. The zero-order valence-corrected chi connectivity index (χ0v) is 10.1. The maximum absolute atomic E-state index is 13.2. The highest BCUT2D eigenvalue weighted by Gasteiger charge is 2.62. The Bertz CT molecular complexity index is 665. The van der Waals surface area contributed by atoms with Crippen LogP contribution in [0.5, 0.6) is 0 Å². The second kappa shape index (κ2) is 4.75. The average Bonchev–Trinajstić information content (AvgIpc) is 2.85. The Morgan fingerprint density at radius 1 is 1.43 bits per heavy atom. The molecule has 0 aromatic heterocycles. The number of hydrazine groups is 1. The number of aliphatic carboxylic acids is 1. The summed E-state index contributed by atoms with van der Waals surface area (Å²) in [4.78, 5) is 11.0. The highest BCUT2D eigenvalue weighted by molar-refractivity contribution is 5.84. The van der Waals surface area contributed by atoms with Crippen LogP contribution in [0.1, 0.15) is 5.56 Å². The Balaban J connectivity index is 2.38. The number of hydrogen-bond donors (Lipinski definition) is 2. The van der Waals surface area contributed by atoms with E-state index in [1.807, 2.05) is 0 Å². The number of hydrogen-bond acceptors (Lipinski definition) is 4. The van der Waals surface area contributed by atoms with Crippen LogP contribution in [0.3, 0.4) is 0 Å². The lowest BCUT2D eigenvalue weighted by molar-refractivity contribution is -0.197. The molecular weight excluding hydrogens is 294 g/mol. The molecular formula is C12H7F4N3O2. The largest absolute Gasteiger partial charge is 0.479 e. The third kappa shape index (κ3) is 2.30. The first kappa shape index (κ1) is 14.8. The Kier molecular flexibility index (Phi) is 3.35. The second-order valence-electron chi connectivity index (χ2n) is 4.18. The minimum atomic E-state index is -5.08. The van der Waals surface area contributed by atoms with E-state index in [1.54, 1.807) is 11.5 Å². The fourth-order valence-corrected chi connectivity index (χ4v) is 1.75. The van der Waals surface area contributed by atoms with Crippen LogP contribution in [0.15, 0.2) is 30.5 Å². The number of carboxylic acid groups (broad SMARTS) is 1. The van der Waals surface area contributed by atoms with E-state index >= 15 is 0 Å². The van der Waals surface area contributed by atoms with Crippen LogP contribution in [0.4, 0.5) is 23.2 Å². The van der Waals surface area contributed by atoms with Gasteiger partial charge in [0, 0.05) is 6.20 Å². The Morgan fingerprint density at radius 3 is 2.57 bits per heavy atom. The van der Waals surface area contributed by atoms with Gasteiger partial charge >= 0.3 is 12.1 Å². The number of halogens is 4. The molecule has 1 unspecified atom stereocenters. The van der Waals surface area contributed by atoms with E-state index in [4.69, 9.17) is 10.4 Å². The smallest absolute Gasteiger partial charge is 0.422 e. The normalized spacial score (nSPS) is 21.4. The number of alkyl halides is 3. The molecule has 1 aromatic carbocycles. The average molecular weight is 301 g/mol. The molecule has 0 saturated heterocycles. The molecule has 2 N–H and O–H groups in total. The third-order valence-electron chi connectivity index (χ3n) is 2.90. The van der Waals surface area contributed by atoms with Gasteiger partial charge in [-0.2, -0.15) is 18.4 Å². The van der Waals surface area contributed by atoms with Gasteiger partial charge in [-0.1, -0.05) is 0 Å². The van der Waals surface area contributed by atoms with Crippen molar-refractivity contribution < 1.29 is 27.5 Å². The molecule has 0 spiro atoms. The van der Waals surface area contributed by atoms with Gasteiger partial charge in [0.1, 0.15) is 11.9 Å². The molecule has 9 heteroatoms. The standard InChI is InChI=1S/C12H7F4N3O2/c13-9-2-1-8(5-7(9)6-17)19-4-3-11(18-19,10(20)21)12(14,15)16/h1-5,18H,(H,20,21). The zero-order chi connectivity index (χ0) is 15.8. The number of nitrogens with one attached hydrogen (secondary N) is 1. The molecule has 0 bridgehead atoms. The molecule has 0 saturated carbocycles. The summed E-state index contributed by atoms with van der Waals surface area (Å²) in [6, 6.07) is 4.56. The summed E-state index contributed by atoms with van der Waals surface area (Å²) >= 11 is 0. The highest BCUT2D eigenvalue weighted by Crippen LogP contribution is 2.36. The van der Waals surface area contributed by atoms with Crippen LogP contribution < -0.4 is 10.4 Å². The van der Waals surface area contributed by atoms with E-state index in [1.165, 1.54) is 0 Å². The summed E-state index contributed by atoms with van der Waals surface area (Å²) in [6.45, 7) is 0. The van der Waals surface area contributed by atoms with E-state index in [-0.39, 0.29) is 11.3 Å². The number of nitrogens with zero attached hydrogens (tertiary/aromatic N) is 2. The van der Waals surface area contributed by atoms with Crippen LogP contribution in [-0.2, 0) is 4.79 Å². The molecule has 2 rings (SSSR count). The monoisotopic (exact) mass is 301 g/mol. The van der Waals surface area contributed by atoms with Crippen molar-refractivity contribution in [2.45, 2.75) is 11.7 Å². The highest BCUT2D eigenvalue weighted by atomic mass is 19.4. The first-order valence-corrected chi connectivity index (χ1v) is 5.47. The molecule has 1 aliphatic rings. The molecule has 5 nitrogen and oxygen atoms in total. The number of anilines is 1. The van der Waals surface area contributed by atoms with Crippen molar-refractivity contribution in [3.63, 3.8) is 0 Å². The number of carbonyl (C=O) groups is 1. The fourth-order valence-electron chi connectivity index (χ4n) is 1.75. The molecule has 110 valence electrons. The molecule has 0 amide bonds. The van der Waals surface area contributed by atoms with Crippen LogP contribution in [0.25, 0.3) is 0 Å². The summed E-state index contributed by atoms with van der Waals surface area (Å²) in [6.07, 6.45) is -3.79. The Hall–Kier alpha value is -2.60. The van der Waals surface area contributed by atoms with Crippen LogP contribution in [-0.4, -0.2) is 22.8 Å². The van der Waals surface area contributed by atoms with Crippen LogP contribution >= 0.6 is 0 Å². The molecule has 0 fully saturated rings. The zero-order valence-electron chi connectivity index (χ0n) is 10.1. The minimum absolute atomic E-state index is 0.00317. The van der Waals surface area contributed by atoms with Crippen LogP contribution in [0.2, 0.25) is 0 Å². The van der Waals surface area contributed by atoms with Gasteiger partial charge in [0.25, 0.3) is 5.54 Å². The van der Waals surface area contributed by atoms with E-state index < -0.39 is 23.5 Å². The van der Waals surface area contributed by atoms with Gasteiger partial charge in [0.15, 0.2) is 0 Å². The van der Waals surface area contributed by atoms with Gasteiger partial charge in [-0.05, 0) is 24.3 Å². The molecule has 21 heavy (non-hydrogen) atoms. The maximum Gasteiger partial charge on any atom is 0.422 e. The quantitative estimate of drug-likeness (QED) is 0.816. The van der Waals surface area contributed by atoms with E-state index in [2.05, 4.69) is 0 Å². The topological polar surface area (TPSA) is 76.4 Å². The number of carboxylic acids is 1.